The van der Waals surface area contributed by atoms with Gasteiger partial charge in [-0.1, -0.05) is 18.2 Å². The fourth-order valence-electron chi connectivity index (χ4n) is 3.72. The number of carbonyl (C=O) groups excluding carboxylic acids is 1. The van der Waals surface area contributed by atoms with E-state index >= 15 is 0 Å². The number of anilines is 1. The van der Waals surface area contributed by atoms with Gasteiger partial charge in [-0.3, -0.25) is 4.79 Å². The molecule has 32 heavy (non-hydrogen) atoms. The number of nitrogens with zero attached hydrogens (tertiary/aromatic N) is 3. The highest BCUT2D eigenvalue weighted by Crippen LogP contribution is 2.29. The molecule has 0 atom stereocenters. The molecule has 0 saturated carbocycles. The van der Waals surface area contributed by atoms with Crippen molar-refractivity contribution in [3.8, 4) is 17.4 Å². The van der Waals surface area contributed by atoms with Crippen LogP contribution in [-0.2, 0) is 6.54 Å². The molecule has 3 aromatic rings. The molecule has 1 saturated heterocycles. The van der Waals surface area contributed by atoms with Gasteiger partial charge < -0.3 is 19.7 Å². The van der Waals surface area contributed by atoms with Gasteiger partial charge in [0.15, 0.2) is 5.82 Å². The summed E-state index contributed by atoms with van der Waals surface area (Å²) in [7, 11) is 0. The van der Waals surface area contributed by atoms with E-state index in [1.165, 1.54) is 6.42 Å². The highest BCUT2D eigenvalue weighted by molar-refractivity contribution is 5.94. The van der Waals surface area contributed by atoms with Gasteiger partial charge in [0.1, 0.15) is 11.5 Å². The van der Waals surface area contributed by atoms with Crippen LogP contribution in [0.1, 0.15) is 42.1 Å². The van der Waals surface area contributed by atoms with Crippen LogP contribution in [0.2, 0.25) is 0 Å². The number of aromatic nitrogens is 2. The van der Waals surface area contributed by atoms with E-state index in [9.17, 15) is 4.79 Å². The lowest BCUT2D eigenvalue weighted by Crippen LogP contribution is -2.30. The first kappa shape index (κ1) is 21.6. The van der Waals surface area contributed by atoms with Gasteiger partial charge in [-0.05, 0) is 56.5 Å². The van der Waals surface area contributed by atoms with Gasteiger partial charge in [-0.25, -0.2) is 9.97 Å². The van der Waals surface area contributed by atoms with E-state index in [2.05, 4.69) is 20.2 Å². The summed E-state index contributed by atoms with van der Waals surface area (Å²) in [6.45, 7) is 4.83. The maximum absolute atomic E-state index is 12.6. The van der Waals surface area contributed by atoms with Crippen molar-refractivity contribution < 1.29 is 14.3 Å². The van der Waals surface area contributed by atoms with Crippen LogP contribution in [0.4, 0.5) is 5.82 Å². The van der Waals surface area contributed by atoms with Crippen LogP contribution in [-0.4, -0.2) is 35.6 Å². The van der Waals surface area contributed by atoms with E-state index in [0.717, 1.165) is 43.1 Å². The zero-order chi connectivity index (χ0) is 22.2. The Hall–Kier alpha value is -3.61. The first-order valence-corrected chi connectivity index (χ1v) is 11.1. The van der Waals surface area contributed by atoms with Crippen LogP contribution in [0, 0.1) is 0 Å². The molecular weight excluding hydrogens is 404 g/mol. The topological polar surface area (TPSA) is 76.6 Å². The second kappa shape index (κ2) is 10.6. The predicted molar refractivity (Wildman–Crippen MR) is 123 cm³/mol. The van der Waals surface area contributed by atoms with Crippen molar-refractivity contribution in [2.75, 3.05) is 24.6 Å². The molecule has 0 aliphatic carbocycles. The quantitative estimate of drug-likeness (QED) is 0.561. The van der Waals surface area contributed by atoms with Crippen molar-refractivity contribution >= 4 is 11.7 Å². The van der Waals surface area contributed by atoms with Crippen molar-refractivity contribution in [2.45, 2.75) is 32.7 Å². The van der Waals surface area contributed by atoms with Gasteiger partial charge in [0.2, 0.25) is 0 Å². The minimum absolute atomic E-state index is 0.156. The number of amides is 1. The lowest BCUT2D eigenvalue weighted by atomic mass is 10.1. The number of nitrogens with one attached hydrogen (secondary N) is 1. The number of carbonyl (C=O) groups is 1. The first-order chi connectivity index (χ1) is 15.7. The summed E-state index contributed by atoms with van der Waals surface area (Å²) in [4.78, 5) is 23.7. The highest BCUT2D eigenvalue weighted by Gasteiger charge is 2.18. The van der Waals surface area contributed by atoms with Gasteiger partial charge in [-0.2, -0.15) is 0 Å². The number of hydrogen-bond acceptors (Lipinski definition) is 6. The molecule has 1 fully saturated rings. The van der Waals surface area contributed by atoms with Crippen molar-refractivity contribution in [2.24, 2.45) is 0 Å². The van der Waals surface area contributed by atoms with E-state index in [-0.39, 0.29) is 5.91 Å². The minimum atomic E-state index is -0.156. The average Bonchev–Trinajstić information content (AvgIpc) is 2.85. The molecule has 7 nitrogen and oxygen atoms in total. The third-order valence-corrected chi connectivity index (χ3v) is 5.35. The third-order valence-electron chi connectivity index (χ3n) is 5.35. The number of para-hydroxylation sites is 1. The summed E-state index contributed by atoms with van der Waals surface area (Å²) < 4.78 is 11.6. The van der Waals surface area contributed by atoms with E-state index in [1.54, 1.807) is 36.7 Å². The largest absolute Gasteiger partial charge is 0.494 e. The lowest BCUT2D eigenvalue weighted by Gasteiger charge is -2.28. The number of benzene rings is 2. The molecule has 4 rings (SSSR count). The summed E-state index contributed by atoms with van der Waals surface area (Å²) in [6, 6.07) is 14.7. The fourth-order valence-corrected chi connectivity index (χ4v) is 3.72. The lowest BCUT2D eigenvalue weighted by molar-refractivity contribution is 0.0950. The van der Waals surface area contributed by atoms with Gasteiger partial charge >= 0.3 is 0 Å². The zero-order valence-electron chi connectivity index (χ0n) is 18.3. The Kier molecular flexibility index (Phi) is 7.17. The van der Waals surface area contributed by atoms with Crippen LogP contribution in [0.25, 0.3) is 0 Å². The Balaban J connectivity index is 1.39. The molecule has 1 amide bonds. The summed E-state index contributed by atoms with van der Waals surface area (Å²) in [5.74, 6) is 2.49. The van der Waals surface area contributed by atoms with Crippen LogP contribution in [0.5, 0.6) is 17.4 Å². The molecule has 0 bridgehead atoms. The van der Waals surface area contributed by atoms with E-state index in [0.29, 0.717) is 30.3 Å². The smallest absolute Gasteiger partial charge is 0.263 e. The second-order valence-corrected chi connectivity index (χ2v) is 7.58. The molecule has 0 unspecified atom stereocenters. The molecule has 2 heterocycles. The molecule has 7 heteroatoms. The van der Waals surface area contributed by atoms with Crippen molar-refractivity contribution in [1.29, 1.82) is 0 Å². The number of hydrogen-bond donors (Lipinski definition) is 1. The monoisotopic (exact) mass is 432 g/mol. The summed E-state index contributed by atoms with van der Waals surface area (Å²) in [6.07, 6.45) is 6.86. The number of rotatable bonds is 8. The van der Waals surface area contributed by atoms with Gasteiger partial charge in [-0.15, -0.1) is 0 Å². The SMILES string of the molecule is CCOc1ccccc1CNC(=O)c1ccc(Oc2nccnc2N2CCCCC2)cc1. The first-order valence-electron chi connectivity index (χ1n) is 11.1. The van der Waals surface area contributed by atoms with Gasteiger partial charge in [0.05, 0.1) is 6.61 Å². The Morgan fingerprint density at radius 3 is 2.53 bits per heavy atom. The van der Waals surface area contributed by atoms with Crippen molar-refractivity contribution in [1.82, 2.24) is 15.3 Å². The Morgan fingerprint density at radius 1 is 1.00 bits per heavy atom. The summed E-state index contributed by atoms with van der Waals surface area (Å²) in [5.41, 5.74) is 1.50. The normalized spacial score (nSPS) is 13.5. The van der Waals surface area contributed by atoms with E-state index in [1.807, 2.05) is 31.2 Å². The molecule has 1 N–H and O–H groups in total. The molecule has 1 aromatic heterocycles. The van der Waals surface area contributed by atoms with E-state index < -0.39 is 0 Å². The Labute approximate surface area is 188 Å². The van der Waals surface area contributed by atoms with Crippen LogP contribution in [0.3, 0.4) is 0 Å². The van der Waals surface area contributed by atoms with Crippen LogP contribution < -0.4 is 19.7 Å². The summed E-state index contributed by atoms with van der Waals surface area (Å²) in [5, 5.41) is 2.95. The van der Waals surface area contributed by atoms with Crippen molar-refractivity contribution in [3.63, 3.8) is 0 Å². The molecule has 1 aliphatic heterocycles. The molecular formula is C25H28N4O3. The Morgan fingerprint density at radius 2 is 1.75 bits per heavy atom. The molecule has 0 radical (unpaired) electrons. The molecule has 2 aromatic carbocycles. The fraction of sp³-hybridized carbons (Fsp3) is 0.320. The predicted octanol–water partition coefficient (Wildman–Crippen LogP) is 4.59. The second-order valence-electron chi connectivity index (χ2n) is 7.58. The van der Waals surface area contributed by atoms with Gasteiger partial charge in [0.25, 0.3) is 11.8 Å². The minimum Gasteiger partial charge on any atom is -0.494 e. The molecule has 0 spiro atoms. The number of ether oxygens (including phenoxy) is 2. The maximum atomic E-state index is 12.6. The van der Waals surface area contributed by atoms with Crippen molar-refractivity contribution in [3.05, 3.63) is 72.1 Å². The van der Waals surface area contributed by atoms with Crippen LogP contribution in [0.15, 0.2) is 60.9 Å². The molecule has 1 aliphatic rings. The Bertz CT molecular complexity index is 1030. The highest BCUT2D eigenvalue weighted by atomic mass is 16.5. The summed E-state index contributed by atoms with van der Waals surface area (Å²) >= 11 is 0. The number of piperidine rings is 1. The van der Waals surface area contributed by atoms with Crippen LogP contribution >= 0.6 is 0 Å². The van der Waals surface area contributed by atoms with Gasteiger partial charge in [0, 0.05) is 43.2 Å². The zero-order valence-corrected chi connectivity index (χ0v) is 18.3. The third kappa shape index (κ3) is 5.35. The average molecular weight is 433 g/mol. The standard InChI is InChI=1S/C25H28N4O3/c1-2-31-22-9-5-4-8-20(22)18-28-24(30)19-10-12-21(13-11-19)32-25-23(26-14-15-27-25)29-16-6-3-7-17-29/h4-5,8-15H,2-3,6-7,16-18H2,1H3,(H,28,30). The van der Waals surface area contributed by atoms with E-state index in [4.69, 9.17) is 9.47 Å². The molecule has 166 valence electrons. The maximum Gasteiger partial charge on any atom is 0.263 e.